The Hall–Kier alpha value is -4.13. The van der Waals surface area contributed by atoms with Crippen LogP contribution in [0.5, 0.6) is 0 Å². The molecule has 0 spiro atoms. The molecule has 1 aliphatic rings. The molecule has 4 heterocycles. The molecule has 0 aliphatic carbocycles. The van der Waals surface area contributed by atoms with E-state index in [0.717, 1.165) is 74.8 Å². The molecule has 0 bridgehead atoms. The highest BCUT2D eigenvalue weighted by Crippen LogP contribution is 2.32. The SMILES string of the molecule is C=C/C(=C\C(=C/C)c1ccc2[nH]nc(-c3nc4c(N5CCCCC5)cncc4[nH]3)c2c1)NC(=C)C(C)C. The predicted molar refractivity (Wildman–Crippen MR) is 154 cm³/mol. The summed E-state index contributed by atoms with van der Waals surface area (Å²) >= 11 is 0. The van der Waals surface area contributed by atoms with Gasteiger partial charge in [-0.3, -0.25) is 10.1 Å². The number of hydrogen-bond acceptors (Lipinski definition) is 5. The van der Waals surface area contributed by atoms with Gasteiger partial charge in [0.25, 0.3) is 0 Å². The Morgan fingerprint density at radius 3 is 2.68 bits per heavy atom. The lowest BCUT2D eigenvalue weighted by atomic mass is 10.0. The van der Waals surface area contributed by atoms with Crippen molar-refractivity contribution in [2.75, 3.05) is 18.0 Å². The molecule has 0 amide bonds. The second kappa shape index (κ2) is 10.5. The van der Waals surface area contributed by atoms with Crippen molar-refractivity contribution in [3.63, 3.8) is 0 Å². The number of aromatic nitrogens is 5. The molecule has 3 aromatic heterocycles. The molecule has 0 saturated carbocycles. The van der Waals surface area contributed by atoms with Crippen LogP contribution in [0.4, 0.5) is 5.69 Å². The minimum absolute atomic E-state index is 0.330. The Morgan fingerprint density at radius 1 is 1.14 bits per heavy atom. The fraction of sp³-hybridized carbons (Fsp3) is 0.300. The van der Waals surface area contributed by atoms with Crippen LogP contribution >= 0.6 is 0 Å². The predicted octanol–water partition coefficient (Wildman–Crippen LogP) is 6.72. The number of hydrogen-bond donors (Lipinski definition) is 3. The Balaban J connectivity index is 1.52. The maximum atomic E-state index is 5.01. The molecule has 0 unspecified atom stereocenters. The molecule has 190 valence electrons. The molecule has 3 N–H and O–H groups in total. The van der Waals surface area contributed by atoms with Crippen LogP contribution in [0.15, 0.2) is 73.4 Å². The molecular weight excluding hydrogens is 458 g/mol. The molecule has 1 fully saturated rings. The lowest BCUT2D eigenvalue weighted by Gasteiger charge is -2.28. The zero-order valence-electron chi connectivity index (χ0n) is 21.9. The zero-order chi connectivity index (χ0) is 25.9. The van der Waals surface area contributed by atoms with Gasteiger partial charge in [0.1, 0.15) is 11.2 Å². The number of imidazole rings is 1. The van der Waals surface area contributed by atoms with E-state index in [4.69, 9.17) is 4.98 Å². The van der Waals surface area contributed by atoms with Gasteiger partial charge in [-0.05, 0) is 67.5 Å². The lowest BCUT2D eigenvalue weighted by molar-refractivity contribution is 0.578. The van der Waals surface area contributed by atoms with E-state index in [1.165, 1.54) is 19.3 Å². The second-order valence-corrected chi connectivity index (χ2v) is 9.87. The lowest BCUT2D eigenvalue weighted by Crippen LogP contribution is -2.29. The maximum absolute atomic E-state index is 5.01. The van der Waals surface area contributed by atoms with Crippen LogP contribution in [0.2, 0.25) is 0 Å². The van der Waals surface area contributed by atoms with E-state index in [1.54, 1.807) is 0 Å². The molecule has 0 radical (unpaired) electrons. The van der Waals surface area contributed by atoms with Gasteiger partial charge in [0.05, 0.1) is 29.1 Å². The number of anilines is 1. The van der Waals surface area contributed by atoms with Crippen molar-refractivity contribution in [2.24, 2.45) is 5.92 Å². The average molecular weight is 494 g/mol. The van der Waals surface area contributed by atoms with Crippen molar-refractivity contribution in [1.82, 2.24) is 30.5 Å². The number of fused-ring (bicyclic) bond motifs is 2. The molecule has 4 aromatic rings. The van der Waals surface area contributed by atoms with Crippen LogP contribution in [-0.4, -0.2) is 38.2 Å². The molecule has 1 saturated heterocycles. The van der Waals surface area contributed by atoms with E-state index in [2.05, 4.69) is 87.7 Å². The monoisotopic (exact) mass is 493 g/mol. The third-order valence-corrected chi connectivity index (χ3v) is 7.04. The van der Waals surface area contributed by atoms with Gasteiger partial charge in [-0.1, -0.05) is 39.1 Å². The van der Waals surface area contributed by atoms with Gasteiger partial charge >= 0.3 is 0 Å². The van der Waals surface area contributed by atoms with Crippen LogP contribution in [-0.2, 0) is 0 Å². The molecule has 37 heavy (non-hydrogen) atoms. The van der Waals surface area contributed by atoms with Crippen LogP contribution < -0.4 is 10.2 Å². The smallest absolute Gasteiger partial charge is 0.159 e. The number of rotatable bonds is 8. The van der Waals surface area contributed by atoms with Gasteiger partial charge in [-0.2, -0.15) is 5.10 Å². The third kappa shape index (κ3) is 4.94. The van der Waals surface area contributed by atoms with Crippen LogP contribution in [0.1, 0.15) is 45.6 Å². The topological polar surface area (TPSA) is 85.5 Å². The van der Waals surface area contributed by atoms with Gasteiger partial charge in [-0.25, -0.2) is 4.98 Å². The first-order valence-electron chi connectivity index (χ1n) is 13.0. The zero-order valence-corrected chi connectivity index (χ0v) is 21.9. The Bertz CT molecular complexity index is 1510. The summed E-state index contributed by atoms with van der Waals surface area (Å²) in [7, 11) is 0. The van der Waals surface area contributed by atoms with E-state index in [-0.39, 0.29) is 0 Å². The van der Waals surface area contributed by atoms with E-state index in [1.807, 2.05) is 25.4 Å². The summed E-state index contributed by atoms with van der Waals surface area (Å²) in [5.74, 6) is 1.07. The van der Waals surface area contributed by atoms with Crippen LogP contribution in [0.25, 0.3) is 39.0 Å². The van der Waals surface area contributed by atoms with Crippen molar-refractivity contribution in [1.29, 1.82) is 0 Å². The number of H-pyrrole nitrogens is 2. The highest BCUT2D eigenvalue weighted by Gasteiger charge is 2.19. The average Bonchev–Trinajstić information content (AvgIpc) is 3.54. The van der Waals surface area contributed by atoms with E-state index < -0.39 is 0 Å². The van der Waals surface area contributed by atoms with E-state index in [9.17, 15) is 0 Å². The Kier molecular flexibility index (Phi) is 6.95. The van der Waals surface area contributed by atoms with E-state index in [0.29, 0.717) is 5.92 Å². The summed E-state index contributed by atoms with van der Waals surface area (Å²) in [5.41, 5.74) is 8.75. The fourth-order valence-corrected chi connectivity index (χ4v) is 4.75. The second-order valence-electron chi connectivity index (χ2n) is 9.87. The minimum Gasteiger partial charge on any atom is -0.368 e. The highest BCUT2D eigenvalue weighted by molar-refractivity contribution is 5.97. The first kappa shape index (κ1) is 24.6. The summed E-state index contributed by atoms with van der Waals surface area (Å²) < 4.78 is 0. The summed E-state index contributed by atoms with van der Waals surface area (Å²) in [6.07, 6.45) is 13.5. The van der Waals surface area contributed by atoms with Gasteiger partial charge in [0, 0.05) is 29.9 Å². The molecule has 0 atom stereocenters. The normalized spacial score (nSPS) is 15.1. The van der Waals surface area contributed by atoms with Crippen LogP contribution in [0.3, 0.4) is 0 Å². The molecule has 1 aliphatic heterocycles. The first-order valence-corrected chi connectivity index (χ1v) is 13.0. The molecule has 7 nitrogen and oxygen atoms in total. The van der Waals surface area contributed by atoms with Crippen molar-refractivity contribution in [3.8, 4) is 11.5 Å². The van der Waals surface area contributed by atoms with Crippen molar-refractivity contribution < 1.29 is 0 Å². The van der Waals surface area contributed by atoms with Gasteiger partial charge in [-0.15, -0.1) is 0 Å². The first-order chi connectivity index (χ1) is 18.0. The fourth-order valence-electron chi connectivity index (χ4n) is 4.75. The maximum Gasteiger partial charge on any atom is 0.159 e. The summed E-state index contributed by atoms with van der Waals surface area (Å²) in [6.45, 7) is 16.5. The number of nitrogens with one attached hydrogen (secondary N) is 3. The quantitative estimate of drug-likeness (QED) is 0.237. The molecule has 1 aromatic carbocycles. The van der Waals surface area contributed by atoms with E-state index >= 15 is 0 Å². The molecular formula is C30H35N7. The van der Waals surface area contributed by atoms with Gasteiger partial charge < -0.3 is 15.2 Å². The minimum atomic E-state index is 0.330. The number of aromatic amines is 2. The van der Waals surface area contributed by atoms with Gasteiger partial charge in [0.15, 0.2) is 5.82 Å². The van der Waals surface area contributed by atoms with Gasteiger partial charge in [0.2, 0.25) is 0 Å². The number of piperidine rings is 1. The Morgan fingerprint density at radius 2 is 1.95 bits per heavy atom. The summed E-state index contributed by atoms with van der Waals surface area (Å²) in [6, 6.07) is 6.33. The number of benzene rings is 1. The summed E-state index contributed by atoms with van der Waals surface area (Å²) in [5, 5.41) is 12.2. The molecule has 5 rings (SSSR count). The summed E-state index contributed by atoms with van der Waals surface area (Å²) in [4.78, 5) is 15.4. The highest BCUT2D eigenvalue weighted by atomic mass is 15.2. The van der Waals surface area contributed by atoms with Crippen LogP contribution in [0, 0.1) is 5.92 Å². The third-order valence-electron chi connectivity index (χ3n) is 7.04. The largest absolute Gasteiger partial charge is 0.368 e. The molecule has 7 heteroatoms. The Labute approximate surface area is 218 Å². The van der Waals surface area contributed by atoms with Crippen molar-refractivity contribution in [3.05, 3.63) is 78.9 Å². The number of allylic oxidation sites excluding steroid dienone is 5. The standard InChI is InChI=1S/C30H35N7/c1-6-21(15-23(7-2)32-20(5)19(3)4)22-11-12-25-24(16-22)28(36-35-25)30-33-26-17-31-18-27(29(26)34-30)37-13-9-8-10-14-37/h6-7,11-12,15-19,32H,2,5,8-10,13-14H2,1,3-4H3,(H,33,34)(H,35,36)/b21-6+,23-15+. The number of pyridine rings is 1. The number of nitrogens with zero attached hydrogens (tertiary/aromatic N) is 4. The van der Waals surface area contributed by atoms with Crippen molar-refractivity contribution in [2.45, 2.75) is 40.0 Å². The van der Waals surface area contributed by atoms with Crippen molar-refractivity contribution >= 4 is 33.2 Å².